The predicted octanol–water partition coefficient (Wildman–Crippen LogP) is 5.01. The third-order valence-corrected chi connectivity index (χ3v) is 6.88. The van der Waals surface area contributed by atoms with Gasteiger partial charge in [-0.15, -0.1) is 0 Å². The molecular formula is C28H30N8. The summed E-state index contributed by atoms with van der Waals surface area (Å²) in [4.78, 5) is 20.1. The molecule has 2 N–H and O–H groups in total. The lowest BCUT2D eigenvalue weighted by Gasteiger charge is -2.20. The Bertz CT molecular complexity index is 1510. The molecule has 0 saturated carbocycles. The number of nitrogens with zero attached hydrogens (tertiary/aromatic N) is 6. The highest BCUT2D eigenvalue weighted by atomic mass is 15.3. The minimum Gasteiger partial charge on any atom is -0.378 e. The Balaban J connectivity index is 1.33. The molecule has 8 heteroatoms. The van der Waals surface area contributed by atoms with Gasteiger partial charge < -0.3 is 10.3 Å². The summed E-state index contributed by atoms with van der Waals surface area (Å²) in [6.45, 7) is 8.12. The molecule has 0 radical (unpaired) electrons. The van der Waals surface area contributed by atoms with Crippen LogP contribution in [-0.4, -0.2) is 47.5 Å². The number of hydrogen-bond acceptors (Lipinski definition) is 6. The standard InChI is InChI=1S/C28H30N8/c1-19-7-5-9-23(22(19)17-35-13-3-4-14-35)29-15-25-33-27(21-11-12-26-30-18-31-36(26)16-21)28(34-25)24-10-6-8-20(2)32-24/h5-12,16,18,29H,3-4,13-15,17H2,1-2H3,(H,33,34). The van der Waals surface area contributed by atoms with Gasteiger partial charge in [-0.2, -0.15) is 5.10 Å². The first-order valence-corrected chi connectivity index (χ1v) is 12.5. The molecule has 36 heavy (non-hydrogen) atoms. The monoisotopic (exact) mass is 478 g/mol. The van der Waals surface area contributed by atoms with Gasteiger partial charge in [0.25, 0.3) is 0 Å². The van der Waals surface area contributed by atoms with Crippen LogP contribution >= 0.6 is 0 Å². The van der Waals surface area contributed by atoms with Crippen LogP contribution in [0.2, 0.25) is 0 Å². The molecule has 182 valence electrons. The van der Waals surface area contributed by atoms with Crippen LogP contribution in [0.15, 0.2) is 61.1 Å². The van der Waals surface area contributed by atoms with E-state index in [2.05, 4.69) is 50.4 Å². The van der Waals surface area contributed by atoms with Crippen molar-refractivity contribution in [2.24, 2.45) is 0 Å². The lowest BCUT2D eigenvalue weighted by molar-refractivity contribution is 0.331. The minimum absolute atomic E-state index is 0.584. The quantitative estimate of drug-likeness (QED) is 0.342. The summed E-state index contributed by atoms with van der Waals surface area (Å²) in [6.07, 6.45) is 6.10. The molecule has 1 aliphatic heterocycles. The molecule has 0 atom stereocenters. The molecule has 0 spiro atoms. The number of imidazole rings is 1. The Morgan fingerprint density at radius 2 is 1.83 bits per heavy atom. The Hall–Kier alpha value is -4.04. The van der Waals surface area contributed by atoms with E-state index in [1.165, 1.54) is 42.7 Å². The maximum Gasteiger partial charge on any atom is 0.155 e. The first-order chi connectivity index (χ1) is 17.6. The van der Waals surface area contributed by atoms with Gasteiger partial charge in [0.05, 0.1) is 23.6 Å². The molecule has 8 nitrogen and oxygen atoms in total. The average molecular weight is 479 g/mol. The summed E-state index contributed by atoms with van der Waals surface area (Å²) in [6, 6.07) is 16.5. The number of likely N-dealkylation sites (tertiary alicyclic amines) is 1. The number of aromatic amines is 1. The second-order valence-corrected chi connectivity index (χ2v) is 9.49. The molecule has 0 aliphatic carbocycles. The van der Waals surface area contributed by atoms with Crippen molar-refractivity contribution in [3.05, 3.63) is 83.7 Å². The largest absolute Gasteiger partial charge is 0.378 e. The van der Waals surface area contributed by atoms with Crippen LogP contribution in [0.1, 0.15) is 35.5 Å². The van der Waals surface area contributed by atoms with Crippen molar-refractivity contribution in [3.8, 4) is 22.6 Å². The number of nitrogens with one attached hydrogen (secondary N) is 2. The summed E-state index contributed by atoms with van der Waals surface area (Å²) in [5.41, 5.74) is 9.19. The summed E-state index contributed by atoms with van der Waals surface area (Å²) in [5.74, 6) is 0.857. The fourth-order valence-electron chi connectivity index (χ4n) is 4.96. The van der Waals surface area contributed by atoms with Crippen LogP contribution in [0.5, 0.6) is 0 Å². The first kappa shape index (κ1) is 22.4. The van der Waals surface area contributed by atoms with Crippen LogP contribution in [-0.2, 0) is 13.1 Å². The van der Waals surface area contributed by atoms with Crippen LogP contribution in [0.25, 0.3) is 28.3 Å². The fourth-order valence-corrected chi connectivity index (χ4v) is 4.96. The van der Waals surface area contributed by atoms with E-state index < -0.39 is 0 Å². The molecule has 1 aliphatic rings. The van der Waals surface area contributed by atoms with E-state index >= 15 is 0 Å². The zero-order valence-corrected chi connectivity index (χ0v) is 20.7. The molecule has 4 aromatic heterocycles. The van der Waals surface area contributed by atoms with Gasteiger partial charge in [-0.1, -0.05) is 18.2 Å². The number of hydrogen-bond donors (Lipinski definition) is 2. The number of anilines is 1. The molecule has 1 saturated heterocycles. The van der Waals surface area contributed by atoms with Crippen molar-refractivity contribution in [1.82, 2.24) is 34.4 Å². The zero-order valence-electron chi connectivity index (χ0n) is 20.7. The molecule has 0 bridgehead atoms. The Morgan fingerprint density at radius 1 is 0.972 bits per heavy atom. The first-order valence-electron chi connectivity index (χ1n) is 12.5. The van der Waals surface area contributed by atoms with E-state index in [1.54, 1.807) is 10.8 Å². The zero-order chi connectivity index (χ0) is 24.5. The van der Waals surface area contributed by atoms with Gasteiger partial charge in [0.2, 0.25) is 0 Å². The maximum atomic E-state index is 5.02. The molecule has 1 aromatic carbocycles. The molecule has 0 unspecified atom stereocenters. The molecule has 5 heterocycles. The van der Waals surface area contributed by atoms with Gasteiger partial charge in [0, 0.05) is 29.7 Å². The molecule has 1 fully saturated rings. The number of aromatic nitrogens is 6. The van der Waals surface area contributed by atoms with E-state index in [-0.39, 0.29) is 0 Å². The topological polar surface area (TPSA) is 87.0 Å². The molecular weight excluding hydrogens is 448 g/mol. The van der Waals surface area contributed by atoms with Crippen molar-refractivity contribution in [2.45, 2.75) is 39.8 Å². The number of aryl methyl sites for hydroxylation is 2. The van der Waals surface area contributed by atoms with Gasteiger partial charge in [0.15, 0.2) is 5.65 Å². The smallest absolute Gasteiger partial charge is 0.155 e. The Labute approximate surface area is 210 Å². The predicted molar refractivity (Wildman–Crippen MR) is 142 cm³/mol. The lowest BCUT2D eigenvalue weighted by atomic mass is 10.1. The highest BCUT2D eigenvalue weighted by molar-refractivity contribution is 5.77. The third kappa shape index (κ3) is 4.47. The van der Waals surface area contributed by atoms with Gasteiger partial charge in [-0.3, -0.25) is 9.88 Å². The maximum absolute atomic E-state index is 5.02. The van der Waals surface area contributed by atoms with E-state index in [0.29, 0.717) is 6.54 Å². The van der Waals surface area contributed by atoms with Crippen LogP contribution in [0, 0.1) is 13.8 Å². The normalized spacial score (nSPS) is 14.1. The summed E-state index contributed by atoms with van der Waals surface area (Å²) in [7, 11) is 0. The fraction of sp³-hybridized carbons (Fsp3) is 0.286. The van der Waals surface area contributed by atoms with Gasteiger partial charge in [0.1, 0.15) is 12.2 Å². The SMILES string of the molecule is Cc1cccc(-c2[nH]c(CNc3cccc(C)c3CN3CCCC3)nc2-c2ccc3ncnn3c2)n1. The van der Waals surface area contributed by atoms with Gasteiger partial charge in [-0.25, -0.2) is 14.5 Å². The number of rotatable bonds is 7. The van der Waals surface area contributed by atoms with E-state index in [9.17, 15) is 0 Å². The average Bonchev–Trinajstić information content (AvgIpc) is 3.65. The Kier molecular flexibility index (Phi) is 5.95. The van der Waals surface area contributed by atoms with Gasteiger partial charge >= 0.3 is 0 Å². The van der Waals surface area contributed by atoms with Gasteiger partial charge in [-0.05, 0) is 81.2 Å². The second kappa shape index (κ2) is 9.54. The Morgan fingerprint density at radius 3 is 2.69 bits per heavy atom. The number of benzene rings is 1. The van der Waals surface area contributed by atoms with Crippen molar-refractivity contribution in [2.75, 3.05) is 18.4 Å². The van der Waals surface area contributed by atoms with Crippen molar-refractivity contribution in [3.63, 3.8) is 0 Å². The van der Waals surface area contributed by atoms with E-state index in [4.69, 9.17) is 9.97 Å². The van der Waals surface area contributed by atoms with Crippen LogP contribution in [0.4, 0.5) is 5.69 Å². The van der Waals surface area contributed by atoms with Crippen molar-refractivity contribution >= 4 is 11.3 Å². The summed E-state index contributed by atoms with van der Waals surface area (Å²) >= 11 is 0. The van der Waals surface area contributed by atoms with Crippen molar-refractivity contribution < 1.29 is 0 Å². The third-order valence-electron chi connectivity index (χ3n) is 6.88. The molecule has 5 aromatic rings. The number of pyridine rings is 2. The van der Waals surface area contributed by atoms with E-state index in [1.807, 2.05) is 43.5 Å². The number of fused-ring (bicyclic) bond motifs is 1. The summed E-state index contributed by atoms with van der Waals surface area (Å²) < 4.78 is 1.77. The molecule has 0 amide bonds. The number of H-pyrrole nitrogens is 1. The highest BCUT2D eigenvalue weighted by Crippen LogP contribution is 2.30. The summed E-state index contributed by atoms with van der Waals surface area (Å²) in [5, 5.41) is 7.96. The molecule has 6 rings (SSSR count). The highest BCUT2D eigenvalue weighted by Gasteiger charge is 2.18. The van der Waals surface area contributed by atoms with Crippen LogP contribution in [0.3, 0.4) is 0 Å². The van der Waals surface area contributed by atoms with E-state index in [0.717, 1.165) is 46.4 Å². The second-order valence-electron chi connectivity index (χ2n) is 9.49. The minimum atomic E-state index is 0.584. The van der Waals surface area contributed by atoms with Crippen LogP contribution < -0.4 is 5.32 Å². The lowest BCUT2D eigenvalue weighted by Crippen LogP contribution is -2.20. The van der Waals surface area contributed by atoms with Crippen molar-refractivity contribution in [1.29, 1.82) is 0 Å².